The van der Waals surface area contributed by atoms with Crippen molar-refractivity contribution in [2.45, 2.75) is 26.7 Å². The van der Waals surface area contributed by atoms with Crippen LogP contribution in [0, 0.1) is 6.92 Å². The van der Waals surface area contributed by atoms with E-state index in [1.54, 1.807) is 48.5 Å². The van der Waals surface area contributed by atoms with Crippen LogP contribution in [-0.2, 0) is 4.79 Å². The van der Waals surface area contributed by atoms with Crippen LogP contribution in [0.25, 0.3) is 0 Å². The van der Waals surface area contributed by atoms with Crippen molar-refractivity contribution in [1.82, 2.24) is 5.43 Å². The van der Waals surface area contributed by atoms with Crippen LogP contribution in [0.15, 0.2) is 76.3 Å². The number of amides is 1. The molecule has 3 aromatic carbocycles. The monoisotopic (exact) mass is 508 g/mol. The first-order chi connectivity index (χ1) is 15.8. The fraction of sp³-hybridized carbons (Fsp3) is 0.192. The van der Waals surface area contributed by atoms with Crippen LogP contribution in [0.3, 0.4) is 0 Å². The lowest BCUT2D eigenvalue weighted by molar-refractivity contribution is -0.123. The van der Waals surface area contributed by atoms with Gasteiger partial charge in [-0.2, -0.15) is 5.10 Å². The number of ether oxygens (including phenoxy) is 2. The van der Waals surface area contributed by atoms with Gasteiger partial charge in [-0.25, -0.2) is 10.2 Å². The van der Waals surface area contributed by atoms with Gasteiger partial charge in [0.25, 0.3) is 5.91 Å². The molecule has 1 amide bonds. The van der Waals surface area contributed by atoms with Gasteiger partial charge in [-0.15, -0.1) is 0 Å². The summed E-state index contributed by atoms with van der Waals surface area (Å²) in [5, 5.41) is 3.96. The first-order valence-corrected chi connectivity index (χ1v) is 11.2. The Kier molecular flexibility index (Phi) is 8.38. The van der Waals surface area contributed by atoms with Gasteiger partial charge in [0.1, 0.15) is 11.5 Å². The molecule has 1 N–H and O–H groups in total. The normalized spacial score (nSPS) is 10.9. The van der Waals surface area contributed by atoms with Crippen molar-refractivity contribution in [2.75, 3.05) is 6.61 Å². The molecule has 0 aliphatic carbocycles. The highest BCUT2D eigenvalue weighted by Crippen LogP contribution is 2.27. The molecule has 0 aliphatic rings. The summed E-state index contributed by atoms with van der Waals surface area (Å²) in [7, 11) is 0. The van der Waals surface area contributed by atoms with Crippen LogP contribution >= 0.6 is 15.9 Å². The molecule has 170 valence electrons. The van der Waals surface area contributed by atoms with Crippen molar-refractivity contribution in [3.05, 3.63) is 93.5 Å². The van der Waals surface area contributed by atoms with E-state index < -0.39 is 5.97 Å². The standard InChI is InChI=1S/C26H25BrN2O4/c1-17(2)23-13-4-18(3)14-24(23)32-16-25(30)29-28-15-19-5-11-22(12-6-19)33-26(31)20-7-9-21(27)10-8-20/h4-15,17H,16H2,1-3H3,(H,29,30)/b28-15-. The number of aryl methyl sites for hydroxylation is 1. The Morgan fingerprint density at radius 1 is 1.03 bits per heavy atom. The van der Waals surface area contributed by atoms with Gasteiger partial charge in [-0.3, -0.25) is 4.79 Å². The van der Waals surface area contributed by atoms with E-state index in [1.807, 2.05) is 25.1 Å². The smallest absolute Gasteiger partial charge is 0.343 e. The number of hydrogen-bond acceptors (Lipinski definition) is 5. The molecule has 0 spiro atoms. The van der Waals surface area contributed by atoms with Gasteiger partial charge < -0.3 is 9.47 Å². The van der Waals surface area contributed by atoms with Crippen LogP contribution in [0.2, 0.25) is 0 Å². The molecule has 0 heterocycles. The van der Waals surface area contributed by atoms with Crippen molar-refractivity contribution in [3.63, 3.8) is 0 Å². The number of benzene rings is 3. The maximum atomic E-state index is 12.2. The van der Waals surface area contributed by atoms with Crippen molar-refractivity contribution in [1.29, 1.82) is 0 Å². The maximum absolute atomic E-state index is 12.2. The van der Waals surface area contributed by atoms with E-state index in [4.69, 9.17) is 9.47 Å². The largest absolute Gasteiger partial charge is 0.483 e. The molecule has 0 saturated carbocycles. The number of rotatable bonds is 8. The minimum Gasteiger partial charge on any atom is -0.483 e. The second-order valence-corrected chi connectivity index (χ2v) is 8.66. The quantitative estimate of drug-likeness (QED) is 0.185. The number of esters is 1. The minimum atomic E-state index is -0.439. The molecular weight excluding hydrogens is 484 g/mol. The lowest BCUT2D eigenvalue weighted by Crippen LogP contribution is -2.25. The Labute approximate surface area is 201 Å². The SMILES string of the molecule is Cc1ccc(C(C)C)c(OCC(=O)N/N=C\c2ccc(OC(=O)c3ccc(Br)cc3)cc2)c1. The number of carbonyl (C=O) groups is 2. The molecule has 0 fully saturated rings. The Balaban J connectivity index is 1.49. The van der Waals surface area contributed by atoms with Gasteiger partial charge in [0.15, 0.2) is 6.61 Å². The predicted octanol–water partition coefficient (Wildman–Crippen LogP) is 5.63. The molecule has 6 nitrogen and oxygen atoms in total. The summed E-state index contributed by atoms with van der Waals surface area (Å²) in [4.78, 5) is 24.3. The van der Waals surface area contributed by atoms with E-state index in [9.17, 15) is 9.59 Å². The van der Waals surface area contributed by atoms with Gasteiger partial charge in [-0.1, -0.05) is 41.9 Å². The molecule has 0 unspecified atom stereocenters. The average Bonchev–Trinajstić information content (AvgIpc) is 2.79. The number of carbonyl (C=O) groups excluding carboxylic acids is 2. The third kappa shape index (κ3) is 7.29. The van der Waals surface area contributed by atoms with E-state index in [0.29, 0.717) is 23.0 Å². The van der Waals surface area contributed by atoms with Crippen LogP contribution in [0.4, 0.5) is 0 Å². The van der Waals surface area contributed by atoms with Crippen molar-refractivity contribution in [3.8, 4) is 11.5 Å². The highest BCUT2D eigenvalue weighted by atomic mass is 79.9. The lowest BCUT2D eigenvalue weighted by Gasteiger charge is -2.14. The molecule has 0 bridgehead atoms. The van der Waals surface area contributed by atoms with Gasteiger partial charge >= 0.3 is 5.97 Å². The number of nitrogens with one attached hydrogen (secondary N) is 1. The molecule has 3 rings (SSSR count). The number of halogens is 1. The zero-order chi connectivity index (χ0) is 23.8. The summed E-state index contributed by atoms with van der Waals surface area (Å²) in [5.41, 5.74) is 5.77. The number of nitrogens with zero attached hydrogens (tertiary/aromatic N) is 1. The van der Waals surface area contributed by atoms with Gasteiger partial charge in [0.2, 0.25) is 0 Å². The third-order valence-electron chi connectivity index (χ3n) is 4.72. The van der Waals surface area contributed by atoms with Crippen molar-refractivity contribution in [2.24, 2.45) is 5.10 Å². The second kappa shape index (κ2) is 11.4. The Bertz CT molecular complexity index is 1140. The Hall–Kier alpha value is -3.45. The van der Waals surface area contributed by atoms with E-state index in [1.165, 1.54) is 6.21 Å². The maximum Gasteiger partial charge on any atom is 0.343 e. The van der Waals surface area contributed by atoms with Gasteiger partial charge in [-0.05, 0) is 84.1 Å². The molecule has 33 heavy (non-hydrogen) atoms. The molecule has 0 aromatic heterocycles. The van der Waals surface area contributed by atoms with Crippen LogP contribution in [0.1, 0.15) is 46.8 Å². The van der Waals surface area contributed by atoms with Gasteiger partial charge in [0.05, 0.1) is 11.8 Å². The fourth-order valence-electron chi connectivity index (χ4n) is 2.97. The second-order valence-electron chi connectivity index (χ2n) is 7.74. The number of hydrogen-bond donors (Lipinski definition) is 1. The summed E-state index contributed by atoms with van der Waals surface area (Å²) in [6.45, 7) is 6.00. The molecule has 0 radical (unpaired) electrons. The van der Waals surface area contributed by atoms with Gasteiger partial charge in [0, 0.05) is 4.47 Å². The van der Waals surface area contributed by atoms with E-state index in [0.717, 1.165) is 21.2 Å². The van der Waals surface area contributed by atoms with E-state index in [-0.39, 0.29) is 12.5 Å². The van der Waals surface area contributed by atoms with Crippen LogP contribution in [0.5, 0.6) is 11.5 Å². The minimum absolute atomic E-state index is 0.133. The molecule has 0 aliphatic heterocycles. The Morgan fingerprint density at radius 2 is 1.73 bits per heavy atom. The molecular formula is C26H25BrN2O4. The van der Waals surface area contributed by atoms with Crippen molar-refractivity contribution >= 4 is 34.0 Å². The highest BCUT2D eigenvalue weighted by molar-refractivity contribution is 9.10. The molecule has 0 saturated heterocycles. The van der Waals surface area contributed by atoms with Crippen LogP contribution < -0.4 is 14.9 Å². The number of hydrazone groups is 1. The molecule has 7 heteroatoms. The van der Waals surface area contributed by atoms with E-state index >= 15 is 0 Å². The topological polar surface area (TPSA) is 77.0 Å². The highest BCUT2D eigenvalue weighted by Gasteiger charge is 2.10. The summed E-state index contributed by atoms with van der Waals surface area (Å²) in [5.74, 6) is 0.612. The average molecular weight is 509 g/mol. The third-order valence-corrected chi connectivity index (χ3v) is 5.25. The first kappa shape index (κ1) is 24.2. The summed E-state index contributed by atoms with van der Waals surface area (Å²) < 4.78 is 12.0. The van der Waals surface area contributed by atoms with Crippen molar-refractivity contribution < 1.29 is 19.1 Å². The van der Waals surface area contributed by atoms with Crippen LogP contribution in [-0.4, -0.2) is 24.7 Å². The predicted molar refractivity (Wildman–Crippen MR) is 132 cm³/mol. The Morgan fingerprint density at radius 3 is 2.39 bits per heavy atom. The summed E-state index contributed by atoms with van der Waals surface area (Å²) >= 11 is 3.33. The summed E-state index contributed by atoms with van der Waals surface area (Å²) in [6, 6.07) is 19.7. The fourth-order valence-corrected chi connectivity index (χ4v) is 3.24. The first-order valence-electron chi connectivity index (χ1n) is 10.4. The molecule has 3 aromatic rings. The zero-order valence-electron chi connectivity index (χ0n) is 18.7. The van der Waals surface area contributed by atoms with E-state index in [2.05, 4.69) is 40.3 Å². The summed E-state index contributed by atoms with van der Waals surface area (Å²) in [6.07, 6.45) is 1.50. The lowest BCUT2D eigenvalue weighted by atomic mass is 10.0. The zero-order valence-corrected chi connectivity index (χ0v) is 20.3. The molecule has 0 atom stereocenters.